The molecule has 2 aliphatic rings. The van der Waals surface area contributed by atoms with Crippen molar-refractivity contribution in [3.05, 3.63) is 58.5 Å². The van der Waals surface area contributed by atoms with Gasteiger partial charge in [0.25, 0.3) is 5.56 Å². The summed E-state index contributed by atoms with van der Waals surface area (Å²) in [6.45, 7) is 1.69. The van der Waals surface area contributed by atoms with Crippen LogP contribution in [0.4, 0.5) is 0 Å². The van der Waals surface area contributed by atoms with Crippen molar-refractivity contribution in [2.24, 2.45) is 5.92 Å². The van der Waals surface area contributed by atoms with Crippen molar-refractivity contribution in [1.29, 1.82) is 0 Å². The SMILES string of the molecule is O=C([O-])CCC(=O)N1C[C@@H]2C[C@H](C1)c1ccc(-c3cc4ccccc4s3)c(=O)n1C2. The Balaban J connectivity index is 1.44. The summed E-state index contributed by atoms with van der Waals surface area (Å²) in [6, 6.07) is 14.1. The lowest BCUT2D eigenvalue weighted by Crippen LogP contribution is -2.49. The highest BCUT2D eigenvalue weighted by molar-refractivity contribution is 7.22. The highest BCUT2D eigenvalue weighted by atomic mass is 32.1. The van der Waals surface area contributed by atoms with Gasteiger partial charge in [-0.3, -0.25) is 9.59 Å². The zero-order chi connectivity index (χ0) is 20.8. The molecule has 0 aliphatic carbocycles. The summed E-state index contributed by atoms with van der Waals surface area (Å²) in [5, 5.41) is 11.8. The molecule has 3 aromatic rings. The smallest absolute Gasteiger partial charge is 0.259 e. The summed E-state index contributed by atoms with van der Waals surface area (Å²) in [5.74, 6) is -1.04. The van der Waals surface area contributed by atoms with Gasteiger partial charge in [-0.25, -0.2) is 0 Å². The second-order valence-corrected chi connectivity index (χ2v) is 9.29. The third-order valence-corrected chi connectivity index (χ3v) is 7.34. The van der Waals surface area contributed by atoms with E-state index in [9.17, 15) is 19.5 Å². The van der Waals surface area contributed by atoms with Gasteiger partial charge in [-0.1, -0.05) is 18.2 Å². The van der Waals surface area contributed by atoms with Gasteiger partial charge in [-0.05, 0) is 48.4 Å². The first kappa shape index (κ1) is 19.1. The van der Waals surface area contributed by atoms with Gasteiger partial charge in [0.15, 0.2) is 0 Å². The normalized spacial score (nSPS) is 20.2. The van der Waals surface area contributed by atoms with Crippen molar-refractivity contribution in [2.75, 3.05) is 13.1 Å². The van der Waals surface area contributed by atoms with Crippen molar-refractivity contribution >= 4 is 33.3 Å². The van der Waals surface area contributed by atoms with Gasteiger partial charge in [-0.2, -0.15) is 0 Å². The van der Waals surface area contributed by atoms with E-state index in [0.29, 0.717) is 19.6 Å². The molecule has 7 heteroatoms. The molecule has 2 atom stereocenters. The van der Waals surface area contributed by atoms with E-state index in [1.54, 1.807) is 16.2 Å². The van der Waals surface area contributed by atoms with Gasteiger partial charge in [0, 0.05) is 53.2 Å². The molecular formula is C23H21N2O4S-. The van der Waals surface area contributed by atoms with Gasteiger partial charge < -0.3 is 19.4 Å². The summed E-state index contributed by atoms with van der Waals surface area (Å²) in [7, 11) is 0. The molecule has 2 aliphatic heterocycles. The molecule has 6 nitrogen and oxygen atoms in total. The number of carbonyl (C=O) groups excluding carboxylic acids is 2. The van der Waals surface area contributed by atoms with Crippen molar-refractivity contribution in [1.82, 2.24) is 9.47 Å². The van der Waals surface area contributed by atoms with Crippen molar-refractivity contribution in [3.63, 3.8) is 0 Å². The second kappa shape index (κ2) is 7.40. The Morgan fingerprint density at radius 2 is 1.90 bits per heavy atom. The summed E-state index contributed by atoms with van der Waals surface area (Å²) in [5.41, 5.74) is 1.73. The van der Waals surface area contributed by atoms with Crippen LogP contribution in [-0.2, 0) is 16.1 Å². The molecule has 0 radical (unpaired) electrons. The zero-order valence-electron chi connectivity index (χ0n) is 16.4. The summed E-state index contributed by atoms with van der Waals surface area (Å²) < 4.78 is 3.05. The van der Waals surface area contributed by atoms with Crippen LogP contribution in [0.1, 0.15) is 30.9 Å². The monoisotopic (exact) mass is 421 g/mol. The molecule has 1 aromatic carbocycles. The first-order valence-electron chi connectivity index (χ1n) is 10.2. The van der Waals surface area contributed by atoms with Crippen molar-refractivity contribution in [3.8, 4) is 10.4 Å². The Labute approximate surface area is 177 Å². The number of benzene rings is 1. The molecule has 5 rings (SSSR count). The summed E-state index contributed by atoms with van der Waals surface area (Å²) in [4.78, 5) is 39.1. The number of amides is 1. The Morgan fingerprint density at radius 3 is 2.70 bits per heavy atom. The van der Waals surface area contributed by atoms with Gasteiger partial charge in [-0.15, -0.1) is 11.3 Å². The third-order valence-electron chi connectivity index (χ3n) is 6.19. The largest absolute Gasteiger partial charge is 0.550 e. The lowest BCUT2D eigenvalue weighted by atomic mass is 9.82. The molecule has 154 valence electrons. The molecule has 0 N–H and O–H groups in total. The fraction of sp³-hybridized carbons (Fsp3) is 0.348. The van der Waals surface area contributed by atoms with Crippen LogP contribution in [0, 0.1) is 5.92 Å². The molecule has 30 heavy (non-hydrogen) atoms. The van der Waals surface area contributed by atoms with Crippen LogP contribution < -0.4 is 10.7 Å². The first-order chi connectivity index (χ1) is 14.5. The average Bonchev–Trinajstić information content (AvgIpc) is 3.16. The number of piperidine rings is 1. The van der Waals surface area contributed by atoms with E-state index in [1.165, 1.54) is 0 Å². The maximum absolute atomic E-state index is 13.3. The van der Waals surface area contributed by atoms with E-state index in [-0.39, 0.29) is 36.1 Å². The minimum atomic E-state index is -1.20. The standard InChI is InChI=1S/C23H22N2O4S/c26-21(7-8-22(27)28)24-11-14-9-16(13-24)18-6-5-17(23(29)25(18)12-14)20-10-15-3-1-2-4-19(15)30-20/h1-6,10,14,16H,7-9,11-13H2,(H,27,28)/p-1/t14-,16+/m0/s1. The van der Waals surface area contributed by atoms with Gasteiger partial charge in [0.1, 0.15) is 0 Å². The number of nitrogens with zero attached hydrogens (tertiary/aromatic N) is 2. The molecule has 1 amide bonds. The van der Waals surface area contributed by atoms with Crippen LogP contribution in [0.3, 0.4) is 0 Å². The molecule has 2 aromatic heterocycles. The molecule has 0 spiro atoms. The number of carboxylic acids is 1. The van der Waals surface area contributed by atoms with Crippen LogP contribution in [0.15, 0.2) is 47.3 Å². The molecular weight excluding hydrogens is 400 g/mol. The van der Waals surface area contributed by atoms with Crippen LogP contribution >= 0.6 is 11.3 Å². The van der Waals surface area contributed by atoms with Crippen LogP contribution in [0.25, 0.3) is 20.5 Å². The van der Waals surface area contributed by atoms with Crippen LogP contribution in [0.2, 0.25) is 0 Å². The zero-order valence-corrected chi connectivity index (χ0v) is 17.2. The molecule has 2 bridgehead atoms. The van der Waals surface area contributed by atoms with Gasteiger partial charge in [0.05, 0.1) is 5.56 Å². The average molecular weight is 421 g/mol. The topological polar surface area (TPSA) is 82.4 Å². The lowest BCUT2D eigenvalue weighted by molar-refractivity contribution is -0.305. The molecule has 0 saturated carbocycles. The Hall–Kier alpha value is -2.93. The molecule has 1 fully saturated rings. The number of aliphatic carboxylic acids is 1. The van der Waals surface area contributed by atoms with E-state index >= 15 is 0 Å². The van der Waals surface area contributed by atoms with Crippen LogP contribution in [-0.4, -0.2) is 34.4 Å². The fourth-order valence-electron chi connectivity index (χ4n) is 4.82. The Morgan fingerprint density at radius 1 is 1.07 bits per heavy atom. The van der Waals surface area contributed by atoms with E-state index in [2.05, 4.69) is 18.2 Å². The van der Waals surface area contributed by atoms with Gasteiger partial charge >= 0.3 is 0 Å². The Kier molecular flexibility index (Phi) is 4.70. The molecule has 4 heterocycles. The van der Waals surface area contributed by atoms with Crippen molar-refractivity contribution in [2.45, 2.75) is 31.7 Å². The van der Waals surface area contributed by atoms with E-state index in [1.807, 2.05) is 28.8 Å². The van der Waals surface area contributed by atoms with E-state index < -0.39 is 5.97 Å². The second-order valence-electron chi connectivity index (χ2n) is 8.21. The van der Waals surface area contributed by atoms with Crippen LogP contribution in [0.5, 0.6) is 0 Å². The number of thiophene rings is 1. The number of fused-ring (bicyclic) bond motifs is 5. The maximum atomic E-state index is 13.3. The number of hydrogen-bond acceptors (Lipinski definition) is 5. The number of rotatable bonds is 4. The lowest BCUT2D eigenvalue weighted by Gasteiger charge is -2.43. The minimum absolute atomic E-state index is 0.0283. The first-order valence-corrected chi connectivity index (χ1v) is 11.0. The third kappa shape index (κ3) is 3.33. The highest BCUT2D eigenvalue weighted by Gasteiger charge is 2.36. The predicted molar refractivity (Wildman–Crippen MR) is 113 cm³/mol. The number of carbonyl (C=O) groups is 2. The van der Waals surface area contributed by atoms with Crippen molar-refractivity contribution < 1.29 is 14.7 Å². The predicted octanol–water partition coefficient (Wildman–Crippen LogP) is 2.21. The minimum Gasteiger partial charge on any atom is -0.550 e. The van der Waals surface area contributed by atoms with Gasteiger partial charge in [0.2, 0.25) is 5.91 Å². The molecule has 0 unspecified atom stereocenters. The number of hydrogen-bond donors (Lipinski definition) is 0. The fourth-order valence-corrected chi connectivity index (χ4v) is 5.90. The summed E-state index contributed by atoms with van der Waals surface area (Å²) in [6.07, 6.45) is 0.671. The Bertz CT molecular complexity index is 1180. The quantitative estimate of drug-likeness (QED) is 0.647. The number of likely N-dealkylation sites (tertiary alicyclic amines) is 1. The number of pyridine rings is 1. The number of aromatic nitrogens is 1. The number of carboxylic acid groups (broad SMARTS) is 1. The van der Waals surface area contributed by atoms with E-state index in [0.717, 1.165) is 32.6 Å². The molecule has 1 saturated heterocycles. The maximum Gasteiger partial charge on any atom is 0.259 e. The van der Waals surface area contributed by atoms with E-state index in [4.69, 9.17) is 0 Å². The summed E-state index contributed by atoms with van der Waals surface area (Å²) >= 11 is 1.63. The highest BCUT2D eigenvalue weighted by Crippen LogP contribution is 2.37.